The first kappa shape index (κ1) is 12.4. The van der Waals surface area contributed by atoms with Crippen LogP contribution in [0.5, 0.6) is 0 Å². The van der Waals surface area contributed by atoms with Crippen molar-refractivity contribution in [2.75, 3.05) is 6.54 Å². The number of aromatic nitrogens is 2. The molecular weight excluding hydrogens is 270 g/mol. The van der Waals surface area contributed by atoms with Crippen molar-refractivity contribution in [2.45, 2.75) is 50.5 Å². The quantitative estimate of drug-likeness (QED) is 0.807. The Labute approximate surface area is 122 Å². The van der Waals surface area contributed by atoms with E-state index in [9.17, 15) is 4.79 Å². The molecule has 0 aromatic carbocycles. The predicted molar refractivity (Wildman–Crippen MR) is 79.2 cm³/mol. The molecule has 3 heterocycles. The van der Waals surface area contributed by atoms with Gasteiger partial charge in [0.15, 0.2) is 4.96 Å². The number of hydrogen-bond acceptors (Lipinski definition) is 3. The molecule has 2 aliphatic rings. The number of carbonyl (C=O) groups is 1. The highest BCUT2D eigenvalue weighted by atomic mass is 32.1. The molecule has 0 N–H and O–H groups in total. The fourth-order valence-corrected chi connectivity index (χ4v) is 4.84. The summed E-state index contributed by atoms with van der Waals surface area (Å²) >= 11 is 1.51. The lowest BCUT2D eigenvalue weighted by Gasteiger charge is -2.41. The van der Waals surface area contributed by atoms with Crippen LogP contribution >= 0.6 is 11.3 Å². The van der Waals surface area contributed by atoms with E-state index < -0.39 is 0 Å². The third-order valence-electron chi connectivity index (χ3n) is 4.93. The van der Waals surface area contributed by atoms with Gasteiger partial charge in [-0.05, 0) is 25.7 Å². The molecule has 0 radical (unpaired) electrons. The predicted octanol–water partition coefficient (Wildman–Crippen LogP) is 3.33. The van der Waals surface area contributed by atoms with Gasteiger partial charge in [-0.3, -0.25) is 9.20 Å². The second-order valence-corrected chi connectivity index (χ2v) is 7.07. The molecule has 2 fully saturated rings. The van der Waals surface area contributed by atoms with E-state index in [1.165, 1.54) is 49.9 Å². The summed E-state index contributed by atoms with van der Waals surface area (Å²) in [5, 5.41) is 0. The molecule has 0 bridgehead atoms. The van der Waals surface area contributed by atoms with Crippen LogP contribution < -0.4 is 0 Å². The largest absolute Gasteiger partial charge is 0.332 e. The zero-order valence-electron chi connectivity index (χ0n) is 11.5. The zero-order valence-corrected chi connectivity index (χ0v) is 12.4. The van der Waals surface area contributed by atoms with E-state index in [0.717, 1.165) is 22.8 Å². The fourth-order valence-electron chi connectivity index (χ4n) is 3.94. The Morgan fingerprint density at radius 2 is 2.00 bits per heavy atom. The summed E-state index contributed by atoms with van der Waals surface area (Å²) in [6, 6.07) is 0. The van der Waals surface area contributed by atoms with Gasteiger partial charge in [0.25, 0.3) is 5.91 Å². The van der Waals surface area contributed by atoms with Crippen LogP contribution in [0.1, 0.15) is 54.6 Å². The Hall–Kier alpha value is -1.36. The molecule has 2 aromatic rings. The second kappa shape index (κ2) is 4.58. The molecule has 106 valence electrons. The van der Waals surface area contributed by atoms with Gasteiger partial charge in [-0.1, -0.05) is 30.6 Å². The number of carbonyl (C=O) groups excluding carboxylic acids is 1. The van der Waals surface area contributed by atoms with E-state index in [1.54, 1.807) is 6.20 Å². The van der Waals surface area contributed by atoms with Crippen LogP contribution in [-0.2, 0) is 0 Å². The molecule has 4 nitrogen and oxygen atoms in total. The number of imidazole rings is 1. The van der Waals surface area contributed by atoms with E-state index in [2.05, 4.69) is 9.88 Å². The van der Waals surface area contributed by atoms with Gasteiger partial charge < -0.3 is 4.90 Å². The lowest BCUT2D eigenvalue weighted by molar-refractivity contribution is 0.0504. The first-order chi connectivity index (χ1) is 9.78. The highest BCUT2D eigenvalue weighted by Crippen LogP contribution is 2.42. The molecule has 20 heavy (non-hydrogen) atoms. The first-order valence-corrected chi connectivity index (χ1v) is 8.35. The van der Waals surface area contributed by atoms with Crippen molar-refractivity contribution in [1.29, 1.82) is 0 Å². The number of likely N-dealkylation sites (tertiary alicyclic amines) is 1. The van der Waals surface area contributed by atoms with E-state index >= 15 is 0 Å². The highest BCUT2D eigenvalue weighted by molar-refractivity contribution is 7.18. The van der Waals surface area contributed by atoms with Crippen LogP contribution in [0.15, 0.2) is 18.6 Å². The standard InChI is InChI=1S/C15H19N3OS/c19-13(12-11-17-10-8-16-14(17)20-12)18-9-4-7-15(18)5-2-1-3-6-15/h8,10-11H,1-7,9H2. The summed E-state index contributed by atoms with van der Waals surface area (Å²) in [4.78, 5) is 21.1. The maximum Gasteiger partial charge on any atom is 0.266 e. The smallest absolute Gasteiger partial charge is 0.266 e. The first-order valence-electron chi connectivity index (χ1n) is 7.53. The van der Waals surface area contributed by atoms with Gasteiger partial charge in [0.1, 0.15) is 4.88 Å². The van der Waals surface area contributed by atoms with Crippen molar-refractivity contribution < 1.29 is 4.79 Å². The summed E-state index contributed by atoms with van der Waals surface area (Å²) < 4.78 is 1.95. The Balaban J connectivity index is 1.65. The van der Waals surface area contributed by atoms with Gasteiger partial charge in [-0.25, -0.2) is 4.98 Å². The van der Waals surface area contributed by atoms with E-state index in [-0.39, 0.29) is 11.4 Å². The van der Waals surface area contributed by atoms with Gasteiger partial charge in [0, 0.05) is 30.7 Å². The van der Waals surface area contributed by atoms with Crippen LogP contribution in [0, 0.1) is 0 Å². The monoisotopic (exact) mass is 289 g/mol. The van der Waals surface area contributed by atoms with Gasteiger partial charge in [0.2, 0.25) is 0 Å². The number of fused-ring (bicyclic) bond motifs is 1. The molecule has 1 aliphatic carbocycles. The normalized spacial score (nSPS) is 21.9. The van der Waals surface area contributed by atoms with Gasteiger partial charge in [-0.2, -0.15) is 0 Å². The molecule has 5 heteroatoms. The SMILES string of the molecule is O=C(c1cn2ccnc2s1)N1CCCC12CCCCC2. The zero-order chi connectivity index (χ0) is 13.6. The average molecular weight is 289 g/mol. The summed E-state index contributed by atoms with van der Waals surface area (Å²) in [6.45, 7) is 0.930. The third kappa shape index (κ3) is 1.79. The summed E-state index contributed by atoms with van der Waals surface area (Å²) in [5.74, 6) is 0.222. The van der Waals surface area contributed by atoms with Crippen molar-refractivity contribution in [3.05, 3.63) is 23.5 Å². The van der Waals surface area contributed by atoms with Gasteiger partial charge in [0.05, 0.1) is 0 Å². The van der Waals surface area contributed by atoms with Crippen molar-refractivity contribution in [2.24, 2.45) is 0 Å². The minimum atomic E-state index is 0.168. The average Bonchev–Trinajstić information content (AvgIpc) is 3.13. The lowest BCUT2D eigenvalue weighted by atomic mass is 9.79. The second-order valence-electron chi connectivity index (χ2n) is 6.06. The van der Waals surface area contributed by atoms with Crippen LogP contribution in [0.2, 0.25) is 0 Å². The maximum atomic E-state index is 12.9. The van der Waals surface area contributed by atoms with Gasteiger partial charge >= 0.3 is 0 Å². The third-order valence-corrected chi connectivity index (χ3v) is 5.93. The molecule has 1 amide bonds. The van der Waals surface area contributed by atoms with Crippen molar-refractivity contribution in [3.8, 4) is 0 Å². The molecule has 2 aromatic heterocycles. The number of nitrogens with zero attached hydrogens (tertiary/aromatic N) is 3. The summed E-state index contributed by atoms with van der Waals surface area (Å²) in [7, 11) is 0. The highest BCUT2D eigenvalue weighted by Gasteiger charge is 2.44. The molecule has 1 aliphatic heterocycles. The summed E-state index contributed by atoms with van der Waals surface area (Å²) in [5.41, 5.74) is 0.168. The van der Waals surface area contributed by atoms with Crippen LogP contribution in [-0.4, -0.2) is 32.3 Å². The minimum absolute atomic E-state index is 0.168. The molecule has 0 unspecified atom stereocenters. The Bertz CT molecular complexity index is 610. The summed E-state index contributed by atoms with van der Waals surface area (Å²) in [6.07, 6.45) is 14.2. The number of amides is 1. The lowest BCUT2D eigenvalue weighted by Crippen LogP contribution is -2.48. The number of thiazole rings is 1. The molecule has 0 atom stereocenters. The van der Waals surface area contributed by atoms with E-state index in [1.807, 2.05) is 16.8 Å². The van der Waals surface area contributed by atoms with E-state index in [4.69, 9.17) is 0 Å². The molecule has 1 saturated heterocycles. The fraction of sp³-hybridized carbons (Fsp3) is 0.600. The topological polar surface area (TPSA) is 37.6 Å². The van der Waals surface area contributed by atoms with Crippen LogP contribution in [0.25, 0.3) is 4.96 Å². The van der Waals surface area contributed by atoms with Gasteiger partial charge in [-0.15, -0.1) is 0 Å². The Morgan fingerprint density at radius 1 is 1.20 bits per heavy atom. The van der Waals surface area contributed by atoms with Crippen LogP contribution in [0.3, 0.4) is 0 Å². The van der Waals surface area contributed by atoms with Crippen molar-refractivity contribution >= 4 is 22.2 Å². The number of rotatable bonds is 1. The molecule has 1 spiro atoms. The van der Waals surface area contributed by atoms with Crippen LogP contribution in [0.4, 0.5) is 0 Å². The minimum Gasteiger partial charge on any atom is -0.332 e. The number of hydrogen-bond donors (Lipinski definition) is 0. The maximum absolute atomic E-state index is 12.9. The van der Waals surface area contributed by atoms with Crippen molar-refractivity contribution in [3.63, 3.8) is 0 Å². The van der Waals surface area contributed by atoms with E-state index in [0.29, 0.717) is 0 Å². The Morgan fingerprint density at radius 3 is 2.80 bits per heavy atom. The molecular formula is C15H19N3OS. The molecule has 1 saturated carbocycles. The van der Waals surface area contributed by atoms with Crippen molar-refractivity contribution in [1.82, 2.24) is 14.3 Å². The Kier molecular flexibility index (Phi) is 2.84. The molecule has 4 rings (SSSR count).